The molecule has 134 valence electrons. The maximum atomic E-state index is 13.8. The van der Waals surface area contributed by atoms with Crippen molar-refractivity contribution in [2.24, 2.45) is 0 Å². The van der Waals surface area contributed by atoms with E-state index >= 15 is 0 Å². The Hall–Kier alpha value is -3.02. The van der Waals surface area contributed by atoms with Crippen LogP contribution in [0.25, 0.3) is 0 Å². The van der Waals surface area contributed by atoms with Gasteiger partial charge in [-0.05, 0) is 24.1 Å². The molecule has 2 aromatic carbocycles. The molecule has 1 heterocycles. The monoisotopic (exact) mass is 354 g/mol. The van der Waals surface area contributed by atoms with Crippen LogP contribution in [-0.2, 0) is 10.3 Å². The topological polar surface area (TPSA) is 66.5 Å². The molecule has 0 aliphatic carbocycles. The first-order valence-electron chi connectivity index (χ1n) is 8.47. The quantitative estimate of drug-likeness (QED) is 0.640. The fourth-order valence-electron chi connectivity index (χ4n) is 3.29. The Morgan fingerprint density at radius 1 is 1.08 bits per heavy atom. The molecule has 1 fully saturated rings. The maximum Gasteiger partial charge on any atom is 0.325 e. The number of Topliss-reactive ketones (excluding diaryl/α,β-unsaturated/α-hetero) is 1. The van der Waals surface area contributed by atoms with Gasteiger partial charge >= 0.3 is 6.03 Å². The Bertz CT molecular complexity index is 853. The summed E-state index contributed by atoms with van der Waals surface area (Å²) >= 11 is 0. The molecule has 2 aromatic rings. The summed E-state index contributed by atoms with van der Waals surface area (Å²) in [5, 5.41) is 2.75. The summed E-state index contributed by atoms with van der Waals surface area (Å²) in [5.41, 5.74) is -0.662. The van der Waals surface area contributed by atoms with E-state index in [9.17, 15) is 18.8 Å². The zero-order valence-corrected chi connectivity index (χ0v) is 14.4. The standard InChI is InChI=1S/C20H19FN2O3/c1-2-12-20(14-8-4-3-5-9-14)18(25)23(19(26)22-20)13-17(24)15-10-6-7-11-16(15)21/h3-11H,2,12-13H2,1H3,(H,22,26)/t20-/m1/s1. The summed E-state index contributed by atoms with van der Waals surface area (Å²) in [6.45, 7) is 1.42. The predicted octanol–water partition coefficient (Wildman–Crippen LogP) is 3.26. The second kappa shape index (κ2) is 7.07. The third-order valence-electron chi connectivity index (χ3n) is 4.54. The van der Waals surface area contributed by atoms with Crippen molar-refractivity contribution in [3.8, 4) is 0 Å². The first-order valence-corrected chi connectivity index (χ1v) is 8.47. The van der Waals surface area contributed by atoms with Crippen LogP contribution in [0.1, 0.15) is 35.7 Å². The van der Waals surface area contributed by atoms with Gasteiger partial charge < -0.3 is 5.32 Å². The zero-order chi connectivity index (χ0) is 18.7. The molecule has 1 saturated heterocycles. The lowest BCUT2D eigenvalue weighted by Gasteiger charge is -2.26. The van der Waals surface area contributed by atoms with Gasteiger partial charge in [0.05, 0.1) is 12.1 Å². The van der Waals surface area contributed by atoms with Gasteiger partial charge in [-0.15, -0.1) is 0 Å². The third-order valence-corrected chi connectivity index (χ3v) is 4.54. The normalized spacial score (nSPS) is 19.5. The summed E-state index contributed by atoms with van der Waals surface area (Å²) in [4.78, 5) is 38.8. The lowest BCUT2D eigenvalue weighted by Crippen LogP contribution is -2.44. The molecule has 1 atom stereocenters. The summed E-state index contributed by atoms with van der Waals surface area (Å²) in [6, 6.07) is 13.8. The number of benzene rings is 2. The Morgan fingerprint density at radius 2 is 1.73 bits per heavy atom. The smallest absolute Gasteiger partial charge is 0.319 e. The first-order chi connectivity index (χ1) is 12.5. The molecule has 5 nitrogen and oxygen atoms in total. The van der Waals surface area contributed by atoms with Crippen LogP contribution >= 0.6 is 0 Å². The number of amides is 3. The second-order valence-corrected chi connectivity index (χ2v) is 6.25. The van der Waals surface area contributed by atoms with Crippen LogP contribution in [0.4, 0.5) is 9.18 Å². The van der Waals surface area contributed by atoms with Gasteiger partial charge in [0.15, 0.2) is 5.78 Å². The van der Waals surface area contributed by atoms with Gasteiger partial charge in [0, 0.05) is 0 Å². The van der Waals surface area contributed by atoms with Crippen LogP contribution in [0.2, 0.25) is 0 Å². The molecule has 26 heavy (non-hydrogen) atoms. The van der Waals surface area contributed by atoms with E-state index in [0.717, 1.165) is 4.90 Å². The highest BCUT2D eigenvalue weighted by molar-refractivity contribution is 6.11. The van der Waals surface area contributed by atoms with Gasteiger partial charge in [0.2, 0.25) is 0 Å². The van der Waals surface area contributed by atoms with Crippen molar-refractivity contribution in [1.29, 1.82) is 0 Å². The number of halogens is 1. The maximum absolute atomic E-state index is 13.8. The van der Waals surface area contributed by atoms with E-state index in [2.05, 4.69) is 5.32 Å². The molecule has 3 amide bonds. The number of imide groups is 1. The van der Waals surface area contributed by atoms with Gasteiger partial charge in [-0.1, -0.05) is 55.8 Å². The van der Waals surface area contributed by atoms with Crippen LogP contribution in [0.15, 0.2) is 54.6 Å². The summed E-state index contributed by atoms with van der Waals surface area (Å²) in [6.07, 6.45) is 1.07. The molecule has 3 rings (SSSR count). The highest BCUT2D eigenvalue weighted by Crippen LogP contribution is 2.33. The molecule has 0 radical (unpaired) electrons. The summed E-state index contributed by atoms with van der Waals surface area (Å²) in [7, 11) is 0. The van der Waals surface area contributed by atoms with Gasteiger partial charge in [-0.25, -0.2) is 9.18 Å². The van der Waals surface area contributed by atoms with E-state index in [1.54, 1.807) is 24.3 Å². The third kappa shape index (κ3) is 2.98. The van der Waals surface area contributed by atoms with Crippen molar-refractivity contribution >= 4 is 17.7 Å². The Kier molecular flexibility index (Phi) is 4.84. The number of rotatable bonds is 6. The van der Waals surface area contributed by atoms with Gasteiger partial charge in [-0.2, -0.15) is 0 Å². The number of urea groups is 1. The number of ketones is 1. The largest absolute Gasteiger partial charge is 0.325 e. The van der Waals surface area contributed by atoms with Crippen LogP contribution in [0.5, 0.6) is 0 Å². The number of carbonyl (C=O) groups excluding carboxylic acids is 3. The molecule has 1 N–H and O–H groups in total. The van der Waals surface area contributed by atoms with Crippen LogP contribution in [0.3, 0.4) is 0 Å². The molecule has 1 aliphatic heterocycles. The van der Waals surface area contributed by atoms with Crippen molar-refractivity contribution in [2.75, 3.05) is 6.54 Å². The van der Waals surface area contributed by atoms with Crippen LogP contribution in [0, 0.1) is 5.82 Å². The molecule has 0 unspecified atom stereocenters. The lowest BCUT2D eigenvalue weighted by molar-refractivity contribution is -0.131. The van der Waals surface area contributed by atoms with Crippen molar-refractivity contribution in [2.45, 2.75) is 25.3 Å². The molecular weight excluding hydrogens is 335 g/mol. The fourth-order valence-corrected chi connectivity index (χ4v) is 3.29. The highest BCUT2D eigenvalue weighted by Gasteiger charge is 2.52. The van der Waals surface area contributed by atoms with Crippen molar-refractivity contribution in [1.82, 2.24) is 10.2 Å². The predicted molar refractivity (Wildman–Crippen MR) is 94.0 cm³/mol. The van der Waals surface area contributed by atoms with Crippen LogP contribution < -0.4 is 5.32 Å². The fraction of sp³-hybridized carbons (Fsp3) is 0.250. The first kappa shape index (κ1) is 17.8. The lowest BCUT2D eigenvalue weighted by atomic mass is 9.85. The van der Waals surface area contributed by atoms with Gasteiger partial charge in [0.25, 0.3) is 5.91 Å². The Labute approximate surface area is 150 Å². The molecule has 0 bridgehead atoms. The van der Waals surface area contributed by atoms with Crippen molar-refractivity contribution < 1.29 is 18.8 Å². The number of nitrogens with one attached hydrogen (secondary N) is 1. The van der Waals surface area contributed by atoms with Gasteiger partial charge in [0.1, 0.15) is 11.4 Å². The Morgan fingerprint density at radius 3 is 2.38 bits per heavy atom. The average Bonchev–Trinajstić information content (AvgIpc) is 2.88. The molecule has 6 heteroatoms. The zero-order valence-electron chi connectivity index (χ0n) is 14.4. The SMILES string of the molecule is CCC[C@]1(c2ccccc2)NC(=O)N(CC(=O)c2ccccc2F)C1=O. The number of nitrogens with zero attached hydrogens (tertiary/aromatic N) is 1. The minimum Gasteiger partial charge on any atom is -0.319 e. The minimum absolute atomic E-state index is 0.138. The number of carbonyl (C=O) groups is 3. The summed E-state index contributed by atoms with van der Waals surface area (Å²) < 4.78 is 13.8. The number of hydrogen-bond acceptors (Lipinski definition) is 3. The van der Waals surface area contributed by atoms with Crippen LogP contribution in [-0.4, -0.2) is 29.2 Å². The molecule has 0 aromatic heterocycles. The van der Waals surface area contributed by atoms with E-state index in [4.69, 9.17) is 0 Å². The summed E-state index contributed by atoms with van der Waals surface area (Å²) in [5.74, 6) is -1.78. The molecule has 1 aliphatic rings. The van der Waals surface area contributed by atoms with E-state index in [1.165, 1.54) is 24.3 Å². The average molecular weight is 354 g/mol. The Balaban J connectivity index is 1.91. The van der Waals surface area contributed by atoms with E-state index in [0.29, 0.717) is 18.4 Å². The molecule has 0 spiro atoms. The van der Waals surface area contributed by atoms with E-state index < -0.39 is 35.6 Å². The minimum atomic E-state index is -1.19. The van der Waals surface area contributed by atoms with Crippen molar-refractivity contribution in [3.05, 3.63) is 71.5 Å². The molecular formula is C20H19FN2O3. The highest BCUT2D eigenvalue weighted by atomic mass is 19.1. The second-order valence-electron chi connectivity index (χ2n) is 6.25. The van der Waals surface area contributed by atoms with E-state index in [1.807, 2.05) is 13.0 Å². The number of hydrogen-bond donors (Lipinski definition) is 1. The van der Waals surface area contributed by atoms with Crippen molar-refractivity contribution in [3.63, 3.8) is 0 Å². The van der Waals surface area contributed by atoms with E-state index in [-0.39, 0.29) is 5.56 Å². The molecule has 0 saturated carbocycles. The van der Waals surface area contributed by atoms with Gasteiger partial charge in [-0.3, -0.25) is 14.5 Å².